The van der Waals surface area contributed by atoms with Gasteiger partial charge in [-0.1, -0.05) is 11.1 Å². The summed E-state index contributed by atoms with van der Waals surface area (Å²) in [7, 11) is -7.87. The zero-order chi connectivity index (χ0) is 15.4. The molecule has 0 aliphatic carbocycles. The van der Waals surface area contributed by atoms with Gasteiger partial charge in [0.1, 0.15) is 0 Å². The number of hydrogen-bond acceptors (Lipinski definition) is 8. The maximum Gasteiger partial charge on any atom is 0.294 e. The Balaban J connectivity index is 3.09. The van der Waals surface area contributed by atoms with E-state index in [0.717, 1.165) is 18.4 Å². The monoisotopic (exact) mass is 345 g/mol. The van der Waals surface area contributed by atoms with Crippen molar-refractivity contribution in [2.45, 2.75) is 16.3 Å². The predicted octanol–water partition coefficient (Wildman–Crippen LogP) is 0.411. The number of sulfonamides is 1. The molecule has 0 saturated heterocycles. The first kappa shape index (κ1) is 17.3. The molecular weight excluding hydrogens is 334 g/mol. The van der Waals surface area contributed by atoms with Crippen molar-refractivity contribution in [3.8, 4) is 0 Å². The Labute approximate surface area is 119 Å². The fourth-order valence-electron chi connectivity index (χ4n) is 1.18. The van der Waals surface area contributed by atoms with Gasteiger partial charge in [-0.15, -0.1) is 4.33 Å². The lowest BCUT2D eigenvalue weighted by Gasteiger charge is -2.09. The van der Waals surface area contributed by atoms with E-state index in [-0.39, 0.29) is 11.4 Å². The third-order valence-corrected chi connectivity index (χ3v) is 4.22. The van der Waals surface area contributed by atoms with Crippen LogP contribution in [0.15, 0.2) is 28.0 Å². The molecule has 3 N–H and O–H groups in total. The summed E-state index contributed by atoms with van der Waals surface area (Å²) in [4.78, 5) is -0.282. The lowest BCUT2D eigenvalue weighted by atomic mass is 10.2. The minimum absolute atomic E-state index is 0.130. The first-order valence-corrected chi connectivity index (χ1v) is 8.90. The summed E-state index contributed by atoms with van der Waals surface area (Å²) in [5.74, 6) is 0. The maximum absolute atomic E-state index is 11.0. The van der Waals surface area contributed by atoms with E-state index in [1.54, 1.807) is 0 Å². The normalized spacial score (nSPS) is 12.6. The van der Waals surface area contributed by atoms with Crippen LogP contribution in [0.2, 0.25) is 0 Å². The van der Waals surface area contributed by atoms with E-state index >= 15 is 0 Å². The van der Waals surface area contributed by atoms with Crippen LogP contribution in [0.4, 0.5) is 0 Å². The van der Waals surface area contributed by atoms with Gasteiger partial charge in [0.25, 0.3) is 10.1 Å². The molecule has 0 fully saturated rings. The van der Waals surface area contributed by atoms with Gasteiger partial charge in [0.15, 0.2) is 0 Å². The zero-order valence-corrected chi connectivity index (χ0v) is 12.5. The zero-order valence-electron chi connectivity index (χ0n) is 10.0. The van der Waals surface area contributed by atoms with Crippen molar-refractivity contribution < 1.29 is 36.0 Å². The minimum atomic E-state index is -4.42. The van der Waals surface area contributed by atoms with Crippen molar-refractivity contribution in [1.82, 2.24) is 4.72 Å². The Morgan fingerprint density at radius 3 is 2.45 bits per heavy atom. The van der Waals surface area contributed by atoms with Crippen LogP contribution in [-0.4, -0.2) is 32.9 Å². The van der Waals surface area contributed by atoms with E-state index in [1.807, 2.05) is 0 Å². The third kappa shape index (κ3) is 5.72. The minimum Gasteiger partial charge on any atom is -0.282 e. The van der Waals surface area contributed by atoms with Gasteiger partial charge in [0.2, 0.25) is 10.0 Å². The Morgan fingerprint density at radius 1 is 1.30 bits per heavy atom. The molecule has 0 aliphatic heterocycles. The van der Waals surface area contributed by atoms with Crippen molar-refractivity contribution >= 4 is 32.2 Å². The Kier molecular flexibility index (Phi) is 5.91. The predicted molar refractivity (Wildman–Crippen MR) is 68.6 cm³/mol. The molecule has 114 valence electrons. The molecule has 20 heavy (non-hydrogen) atoms. The molecule has 0 aromatic heterocycles. The van der Waals surface area contributed by atoms with Crippen LogP contribution in [0, 0.1) is 0 Å². The van der Waals surface area contributed by atoms with E-state index in [9.17, 15) is 16.8 Å². The van der Waals surface area contributed by atoms with Crippen molar-refractivity contribution in [1.29, 1.82) is 0 Å². The summed E-state index contributed by atoms with van der Waals surface area (Å²) in [6.45, 7) is -0.137. The first-order valence-electron chi connectivity index (χ1n) is 4.83. The van der Waals surface area contributed by atoms with Crippen molar-refractivity contribution in [2.75, 3.05) is 6.26 Å². The average Bonchev–Trinajstić information content (AvgIpc) is 2.32. The van der Waals surface area contributed by atoms with Gasteiger partial charge in [0, 0.05) is 11.4 Å². The fourth-order valence-corrected chi connectivity index (χ4v) is 2.70. The van der Waals surface area contributed by atoms with Crippen LogP contribution in [0.3, 0.4) is 0 Å². The Hall–Kier alpha value is -0.730. The van der Waals surface area contributed by atoms with Crippen molar-refractivity contribution in [3.05, 3.63) is 23.8 Å². The Bertz CT molecular complexity index is 669. The van der Waals surface area contributed by atoms with E-state index in [0.29, 0.717) is 17.6 Å². The van der Waals surface area contributed by atoms with Gasteiger partial charge in [-0.25, -0.2) is 18.4 Å². The summed E-state index contributed by atoms with van der Waals surface area (Å²) in [5.41, 5.74) is 0.352. The second kappa shape index (κ2) is 6.82. The first-order chi connectivity index (χ1) is 9.13. The summed E-state index contributed by atoms with van der Waals surface area (Å²) < 4.78 is 59.3. The SMILES string of the molecule is CS(=O)(=O)NCc1ccc(S(=O)(=O)O)cc1SOOO. The second-order valence-electron chi connectivity index (χ2n) is 3.56. The summed E-state index contributed by atoms with van der Waals surface area (Å²) >= 11 is 0.445. The lowest BCUT2D eigenvalue weighted by molar-refractivity contribution is -0.432. The number of hydrogen-bond donors (Lipinski definition) is 3. The van der Waals surface area contributed by atoms with Crippen LogP contribution < -0.4 is 4.72 Å². The van der Waals surface area contributed by atoms with Gasteiger partial charge in [-0.3, -0.25) is 4.55 Å². The molecule has 0 spiro atoms. The van der Waals surface area contributed by atoms with E-state index < -0.39 is 25.0 Å². The second-order valence-corrected chi connectivity index (χ2v) is 7.56. The molecule has 9 nitrogen and oxygen atoms in total. The highest BCUT2D eigenvalue weighted by atomic mass is 32.2. The van der Waals surface area contributed by atoms with E-state index in [2.05, 4.69) is 14.1 Å². The maximum atomic E-state index is 11.0. The number of rotatable bonds is 7. The van der Waals surface area contributed by atoms with Crippen LogP contribution in [0.25, 0.3) is 0 Å². The molecular formula is C8H11NO8S3. The van der Waals surface area contributed by atoms with E-state index in [4.69, 9.17) is 9.81 Å². The lowest BCUT2D eigenvalue weighted by Crippen LogP contribution is -2.21. The van der Waals surface area contributed by atoms with Gasteiger partial charge in [-0.05, 0) is 17.7 Å². The topological polar surface area (TPSA) is 139 Å². The number of benzene rings is 1. The molecule has 0 atom stereocenters. The highest BCUT2D eigenvalue weighted by Gasteiger charge is 2.15. The van der Waals surface area contributed by atoms with Crippen LogP contribution in [-0.2, 0) is 36.1 Å². The van der Waals surface area contributed by atoms with Crippen LogP contribution in [0.5, 0.6) is 0 Å². The molecule has 0 aliphatic rings. The van der Waals surface area contributed by atoms with Crippen molar-refractivity contribution in [3.63, 3.8) is 0 Å². The Morgan fingerprint density at radius 2 is 1.95 bits per heavy atom. The molecule has 1 rings (SSSR count). The van der Waals surface area contributed by atoms with Gasteiger partial charge in [0.05, 0.1) is 23.2 Å². The van der Waals surface area contributed by atoms with Gasteiger partial charge >= 0.3 is 0 Å². The molecule has 1 aromatic carbocycles. The fraction of sp³-hybridized carbons (Fsp3) is 0.250. The molecule has 1 aromatic rings. The highest BCUT2D eigenvalue weighted by Crippen LogP contribution is 2.27. The smallest absolute Gasteiger partial charge is 0.282 e. The van der Waals surface area contributed by atoms with Gasteiger partial charge < -0.3 is 0 Å². The summed E-state index contributed by atoms with van der Waals surface area (Å²) in [5, 5.41) is 11.5. The highest BCUT2D eigenvalue weighted by molar-refractivity contribution is 7.94. The average molecular weight is 345 g/mol. The third-order valence-electron chi connectivity index (χ3n) is 2.02. The molecule has 0 radical (unpaired) electrons. The van der Waals surface area contributed by atoms with Crippen LogP contribution >= 0.6 is 12.0 Å². The number of nitrogens with one attached hydrogen (secondary N) is 1. The molecule has 0 saturated carbocycles. The summed E-state index contributed by atoms with van der Waals surface area (Å²) in [6.07, 6.45) is 0.958. The van der Waals surface area contributed by atoms with Gasteiger partial charge in [-0.2, -0.15) is 8.42 Å². The molecule has 0 amide bonds. The van der Waals surface area contributed by atoms with Crippen LogP contribution in [0.1, 0.15) is 5.56 Å². The molecule has 0 unspecified atom stereocenters. The standard InChI is InChI=1S/C8H11NO8S3/c1-19(11,12)9-5-6-2-3-7(20(13,14)15)4-8(6)18-17-16-10/h2-4,9-10H,5H2,1H3,(H,13,14,15). The summed E-state index contributed by atoms with van der Waals surface area (Å²) in [6, 6.07) is 3.42. The molecule has 0 bridgehead atoms. The van der Waals surface area contributed by atoms with Crippen molar-refractivity contribution in [2.24, 2.45) is 0 Å². The quantitative estimate of drug-likeness (QED) is 0.277. The van der Waals surface area contributed by atoms with E-state index in [1.165, 1.54) is 6.07 Å². The molecule has 12 heteroatoms. The largest absolute Gasteiger partial charge is 0.294 e. The molecule has 0 heterocycles.